The van der Waals surface area contributed by atoms with Crippen LogP contribution < -0.4 is 0 Å². The Bertz CT molecular complexity index is 737. The van der Waals surface area contributed by atoms with E-state index in [9.17, 15) is 4.79 Å². The normalized spacial score (nSPS) is 18.0. The zero-order chi connectivity index (χ0) is 18.5. The predicted molar refractivity (Wildman–Crippen MR) is 97.9 cm³/mol. The summed E-state index contributed by atoms with van der Waals surface area (Å²) in [6, 6.07) is 7.54. The van der Waals surface area contributed by atoms with Gasteiger partial charge in [0, 0.05) is 25.3 Å². The maximum Gasteiger partial charge on any atom is 0.337 e. The highest BCUT2D eigenvalue weighted by molar-refractivity contribution is 5.89. The van der Waals surface area contributed by atoms with E-state index in [1.807, 2.05) is 19.1 Å². The van der Waals surface area contributed by atoms with E-state index >= 15 is 0 Å². The third-order valence-electron chi connectivity index (χ3n) is 4.91. The lowest BCUT2D eigenvalue weighted by Gasteiger charge is -2.34. The molecule has 1 fully saturated rings. The minimum absolute atomic E-state index is 0.352. The Morgan fingerprint density at radius 3 is 2.73 bits per heavy atom. The molecular formula is C20H26N2O4. The second kappa shape index (κ2) is 8.47. The Morgan fingerprint density at radius 1 is 1.27 bits per heavy atom. The zero-order valence-corrected chi connectivity index (χ0v) is 15.7. The molecule has 0 saturated carbocycles. The second-order valence-electron chi connectivity index (χ2n) is 6.67. The average Bonchev–Trinajstić information content (AvgIpc) is 3.03. The molecule has 0 N–H and O–H groups in total. The number of ether oxygens (including phenoxy) is 2. The smallest absolute Gasteiger partial charge is 0.337 e. The van der Waals surface area contributed by atoms with Gasteiger partial charge < -0.3 is 13.9 Å². The van der Waals surface area contributed by atoms with Gasteiger partial charge >= 0.3 is 5.97 Å². The number of oxazole rings is 1. The summed E-state index contributed by atoms with van der Waals surface area (Å²) >= 11 is 0. The second-order valence-corrected chi connectivity index (χ2v) is 6.67. The van der Waals surface area contributed by atoms with Crippen molar-refractivity contribution in [3.63, 3.8) is 0 Å². The summed E-state index contributed by atoms with van der Waals surface area (Å²) in [5.74, 6) is 1.06. The maximum atomic E-state index is 11.5. The molecule has 1 aromatic carbocycles. The molecule has 0 unspecified atom stereocenters. The SMILES string of the molecule is COC[C@@H]1CCCCN1Cc1nc(-c2ccc(C(=O)OC)cc2)oc1C. The number of methoxy groups -OCH3 is 2. The molecule has 1 aromatic heterocycles. The van der Waals surface area contributed by atoms with Crippen molar-refractivity contribution in [3.05, 3.63) is 41.3 Å². The van der Waals surface area contributed by atoms with Gasteiger partial charge in [0.05, 0.1) is 25.0 Å². The van der Waals surface area contributed by atoms with Crippen LogP contribution in [-0.4, -0.2) is 49.3 Å². The fourth-order valence-corrected chi connectivity index (χ4v) is 3.41. The number of aromatic nitrogens is 1. The lowest BCUT2D eigenvalue weighted by molar-refractivity contribution is 0.0590. The van der Waals surface area contributed by atoms with E-state index in [2.05, 4.69) is 4.90 Å². The van der Waals surface area contributed by atoms with Gasteiger partial charge in [-0.2, -0.15) is 0 Å². The number of nitrogens with zero attached hydrogens (tertiary/aromatic N) is 2. The molecule has 140 valence electrons. The number of piperidine rings is 1. The Labute approximate surface area is 154 Å². The van der Waals surface area contributed by atoms with Crippen LogP contribution in [0.15, 0.2) is 28.7 Å². The Balaban J connectivity index is 1.75. The van der Waals surface area contributed by atoms with Crippen molar-refractivity contribution in [2.24, 2.45) is 0 Å². The van der Waals surface area contributed by atoms with Gasteiger partial charge in [-0.3, -0.25) is 4.90 Å². The molecule has 0 spiro atoms. The number of likely N-dealkylation sites (tertiary alicyclic amines) is 1. The summed E-state index contributed by atoms with van der Waals surface area (Å²) in [4.78, 5) is 18.7. The van der Waals surface area contributed by atoms with E-state index in [0.29, 0.717) is 17.5 Å². The van der Waals surface area contributed by atoms with Crippen molar-refractivity contribution in [1.82, 2.24) is 9.88 Å². The monoisotopic (exact) mass is 358 g/mol. The number of carbonyl (C=O) groups excluding carboxylic acids is 1. The number of benzene rings is 1. The summed E-state index contributed by atoms with van der Waals surface area (Å²) < 4.78 is 16.0. The van der Waals surface area contributed by atoms with Gasteiger partial charge in [0.15, 0.2) is 0 Å². The molecule has 0 amide bonds. The third-order valence-corrected chi connectivity index (χ3v) is 4.91. The highest BCUT2D eigenvalue weighted by Crippen LogP contribution is 2.25. The van der Waals surface area contributed by atoms with Crippen LogP contribution in [0.3, 0.4) is 0 Å². The summed E-state index contributed by atoms with van der Waals surface area (Å²) in [5.41, 5.74) is 2.31. The Morgan fingerprint density at radius 2 is 2.04 bits per heavy atom. The number of esters is 1. The molecule has 0 bridgehead atoms. The van der Waals surface area contributed by atoms with E-state index < -0.39 is 0 Å². The fraction of sp³-hybridized carbons (Fsp3) is 0.500. The Kier molecular flexibility index (Phi) is 6.06. The number of carbonyl (C=O) groups is 1. The minimum Gasteiger partial charge on any atom is -0.465 e. The molecule has 6 nitrogen and oxygen atoms in total. The molecular weight excluding hydrogens is 332 g/mol. The molecule has 0 aliphatic carbocycles. The van der Waals surface area contributed by atoms with Crippen LogP contribution in [0, 0.1) is 6.92 Å². The van der Waals surface area contributed by atoms with Crippen LogP contribution in [-0.2, 0) is 16.0 Å². The third kappa shape index (κ3) is 4.14. The van der Waals surface area contributed by atoms with Gasteiger partial charge in [0.25, 0.3) is 0 Å². The number of hydrogen-bond donors (Lipinski definition) is 0. The molecule has 1 saturated heterocycles. The van der Waals surface area contributed by atoms with Crippen LogP contribution >= 0.6 is 0 Å². The van der Waals surface area contributed by atoms with E-state index in [1.54, 1.807) is 19.2 Å². The van der Waals surface area contributed by atoms with Gasteiger partial charge in [-0.05, 0) is 50.6 Å². The van der Waals surface area contributed by atoms with Crippen molar-refractivity contribution < 1.29 is 18.7 Å². The van der Waals surface area contributed by atoms with E-state index in [1.165, 1.54) is 20.0 Å². The van der Waals surface area contributed by atoms with E-state index in [-0.39, 0.29) is 5.97 Å². The van der Waals surface area contributed by atoms with Gasteiger partial charge in [-0.25, -0.2) is 9.78 Å². The fourth-order valence-electron chi connectivity index (χ4n) is 3.41. The highest BCUT2D eigenvalue weighted by Gasteiger charge is 2.24. The van der Waals surface area contributed by atoms with Crippen LogP contribution in [0.25, 0.3) is 11.5 Å². The molecule has 2 aromatic rings. The number of hydrogen-bond acceptors (Lipinski definition) is 6. The van der Waals surface area contributed by atoms with Crippen LogP contribution in [0.2, 0.25) is 0 Å². The Hall–Kier alpha value is -2.18. The quantitative estimate of drug-likeness (QED) is 0.737. The van der Waals surface area contributed by atoms with Crippen LogP contribution in [0.5, 0.6) is 0 Å². The standard InChI is InChI=1S/C20H26N2O4/c1-14-18(12-22-11-5-4-6-17(22)13-24-2)21-19(26-14)15-7-9-16(10-8-15)20(23)25-3/h7-10,17H,4-6,11-13H2,1-3H3/t17-/m0/s1. The molecule has 0 radical (unpaired) electrons. The van der Waals surface area contributed by atoms with E-state index in [4.69, 9.17) is 18.9 Å². The molecule has 2 heterocycles. The molecule has 26 heavy (non-hydrogen) atoms. The van der Waals surface area contributed by atoms with Gasteiger partial charge in [-0.15, -0.1) is 0 Å². The predicted octanol–water partition coefficient (Wildman–Crippen LogP) is 3.44. The number of rotatable bonds is 6. The minimum atomic E-state index is -0.352. The van der Waals surface area contributed by atoms with Crippen molar-refractivity contribution in [3.8, 4) is 11.5 Å². The molecule has 6 heteroatoms. The summed E-state index contributed by atoms with van der Waals surface area (Å²) in [7, 11) is 3.13. The van der Waals surface area contributed by atoms with Crippen molar-refractivity contribution in [1.29, 1.82) is 0 Å². The summed E-state index contributed by atoms with van der Waals surface area (Å²) in [5, 5.41) is 0. The molecule has 1 atom stereocenters. The maximum absolute atomic E-state index is 11.5. The first-order chi connectivity index (χ1) is 12.6. The first-order valence-corrected chi connectivity index (χ1v) is 9.00. The topological polar surface area (TPSA) is 64.8 Å². The van der Waals surface area contributed by atoms with Gasteiger partial charge in [-0.1, -0.05) is 6.42 Å². The van der Waals surface area contributed by atoms with Crippen molar-refractivity contribution in [2.75, 3.05) is 27.4 Å². The van der Waals surface area contributed by atoms with Crippen LogP contribution in [0.1, 0.15) is 41.1 Å². The largest absolute Gasteiger partial charge is 0.465 e. The van der Waals surface area contributed by atoms with Gasteiger partial charge in [0.1, 0.15) is 5.76 Å². The summed E-state index contributed by atoms with van der Waals surface area (Å²) in [6.07, 6.45) is 3.62. The first kappa shape index (κ1) is 18.6. The molecule has 1 aliphatic heterocycles. The van der Waals surface area contributed by atoms with Crippen molar-refractivity contribution in [2.45, 2.75) is 38.8 Å². The molecule has 1 aliphatic rings. The summed E-state index contributed by atoms with van der Waals surface area (Å²) in [6.45, 7) is 4.52. The average molecular weight is 358 g/mol. The van der Waals surface area contributed by atoms with Crippen LogP contribution in [0.4, 0.5) is 0 Å². The van der Waals surface area contributed by atoms with Gasteiger partial charge in [0.2, 0.25) is 5.89 Å². The lowest BCUT2D eigenvalue weighted by atomic mass is 10.0. The lowest BCUT2D eigenvalue weighted by Crippen LogP contribution is -2.41. The first-order valence-electron chi connectivity index (χ1n) is 9.00. The highest BCUT2D eigenvalue weighted by atomic mass is 16.5. The van der Waals surface area contributed by atoms with Crippen molar-refractivity contribution >= 4 is 5.97 Å². The molecule has 3 rings (SSSR count). The zero-order valence-electron chi connectivity index (χ0n) is 15.7. The number of aryl methyl sites for hydroxylation is 1. The van der Waals surface area contributed by atoms with E-state index in [0.717, 1.165) is 43.1 Å².